The van der Waals surface area contributed by atoms with E-state index in [1.165, 1.54) is 30.5 Å². The number of benzene rings is 3. The van der Waals surface area contributed by atoms with Gasteiger partial charge in [0.15, 0.2) is 0 Å². The zero-order valence-corrected chi connectivity index (χ0v) is 24.8. The normalized spacial score (nSPS) is 17.4. The molecule has 5 aromatic rings. The smallest absolute Gasteiger partial charge is 0.144 e. The van der Waals surface area contributed by atoms with Crippen LogP contribution in [0, 0.1) is 23.3 Å². The average Bonchev–Trinajstić information content (AvgIpc) is 3.43. The second-order valence-electron chi connectivity index (χ2n) is 11.2. The molecule has 2 N–H and O–H groups in total. The highest BCUT2D eigenvalue weighted by Crippen LogP contribution is 2.31. The van der Waals surface area contributed by atoms with Crippen LogP contribution >= 0.6 is 11.6 Å². The van der Waals surface area contributed by atoms with Crippen molar-refractivity contribution in [2.45, 2.75) is 43.7 Å². The van der Waals surface area contributed by atoms with Crippen LogP contribution in [-0.4, -0.2) is 40.0 Å². The van der Waals surface area contributed by atoms with Crippen molar-refractivity contribution >= 4 is 28.4 Å². The Kier molecular flexibility index (Phi) is 9.25. The molecule has 0 bridgehead atoms. The van der Waals surface area contributed by atoms with Gasteiger partial charge in [-0.05, 0) is 77.6 Å². The summed E-state index contributed by atoms with van der Waals surface area (Å²) in [5.74, 6) is -2.84. The van der Waals surface area contributed by atoms with Crippen LogP contribution in [0.1, 0.15) is 52.9 Å². The number of hydrogen-bond donors (Lipinski definition) is 2. The minimum Gasteiger partial charge on any atom is -0.375 e. The summed E-state index contributed by atoms with van der Waals surface area (Å²) in [5.41, 5.74) is 3.22. The van der Waals surface area contributed by atoms with E-state index in [9.17, 15) is 18.0 Å². The third-order valence-electron chi connectivity index (χ3n) is 8.07. The zero-order valence-electron chi connectivity index (χ0n) is 24.0. The largest absolute Gasteiger partial charge is 0.375 e. The number of ketones is 1. The molecular weight excluding hydrogens is 608 g/mol. The number of aromatic amines is 1. The minimum atomic E-state index is -0.783. The van der Waals surface area contributed by atoms with Crippen molar-refractivity contribution in [3.63, 3.8) is 0 Å². The van der Waals surface area contributed by atoms with Gasteiger partial charge < -0.3 is 15.0 Å². The van der Waals surface area contributed by atoms with E-state index in [-0.39, 0.29) is 36.3 Å². The first-order chi connectivity index (χ1) is 21.7. The van der Waals surface area contributed by atoms with Crippen LogP contribution in [0.3, 0.4) is 0 Å². The molecule has 11 heteroatoms. The van der Waals surface area contributed by atoms with Crippen LogP contribution < -0.4 is 5.32 Å². The summed E-state index contributed by atoms with van der Waals surface area (Å²) in [6.07, 6.45) is 2.94. The Morgan fingerprint density at radius 3 is 2.47 bits per heavy atom. The number of hydrogen-bond acceptors (Lipinski definition) is 5. The third kappa shape index (κ3) is 7.41. The molecule has 0 saturated carbocycles. The van der Waals surface area contributed by atoms with E-state index in [1.54, 1.807) is 6.07 Å². The van der Waals surface area contributed by atoms with E-state index < -0.39 is 29.2 Å². The first-order valence-electron chi connectivity index (χ1n) is 14.6. The summed E-state index contributed by atoms with van der Waals surface area (Å²) in [6, 6.07) is 13.8. The van der Waals surface area contributed by atoms with Gasteiger partial charge >= 0.3 is 0 Å². The van der Waals surface area contributed by atoms with Crippen LogP contribution in [0.4, 0.5) is 17.6 Å². The van der Waals surface area contributed by atoms with Crippen molar-refractivity contribution < 1.29 is 27.1 Å². The van der Waals surface area contributed by atoms with Crippen molar-refractivity contribution in [1.29, 1.82) is 0 Å². The molecule has 1 aliphatic rings. The molecule has 1 aliphatic heterocycles. The summed E-state index contributed by atoms with van der Waals surface area (Å²) in [7, 11) is 0. The molecule has 2 aromatic heterocycles. The number of H-pyrrole nitrogens is 1. The Labute approximate surface area is 261 Å². The quantitative estimate of drug-likeness (QED) is 0.159. The number of rotatable bonds is 10. The molecule has 3 heterocycles. The lowest BCUT2D eigenvalue weighted by Crippen LogP contribution is -2.41. The van der Waals surface area contributed by atoms with Crippen LogP contribution in [0.5, 0.6) is 0 Å². The standard InChI is InChI=1S/C34H29ClF4N4O2/c35-22-3-8-31-32(12-22)43-34(42-31)33-18-45-27(16-41-33)6-7-28-21(15-40-17-30(28)39)11-26(44)14-29(19-1-4-23(36)5-2-19)20-9-24(37)13-25(38)10-20/h1-5,8-10,12-13,15,17,27,29,33,41H,6-7,11,14,16,18H2,(H,42,43)/t27-,29+,33+/m1/s1. The summed E-state index contributed by atoms with van der Waals surface area (Å²) in [6.45, 7) is 0.890. The Hall–Kier alpha value is -4.12. The van der Waals surface area contributed by atoms with Crippen molar-refractivity contribution in [3.8, 4) is 0 Å². The van der Waals surface area contributed by atoms with Gasteiger partial charge in [0.1, 0.15) is 34.9 Å². The number of nitrogens with one attached hydrogen (secondary N) is 2. The van der Waals surface area contributed by atoms with Gasteiger partial charge in [0, 0.05) is 42.6 Å². The molecule has 1 fully saturated rings. The lowest BCUT2D eigenvalue weighted by Gasteiger charge is -2.29. The first kappa shape index (κ1) is 30.9. The van der Waals surface area contributed by atoms with Crippen LogP contribution in [0.2, 0.25) is 5.02 Å². The first-order valence-corrected chi connectivity index (χ1v) is 14.9. The molecule has 0 unspecified atom stereocenters. The molecular formula is C34H29ClF4N4O2. The molecule has 0 aliphatic carbocycles. The summed E-state index contributed by atoms with van der Waals surface area (Å²) in [5, 5.41) is 4.05. The number of aromatic nitrogens is 3. The molecule has 6 nitrogen and oxygen atoms in total. The number of morpholine rings is 1. The van der Waals surface area contributed by atoms with E-state index in [0.29, 0.717) is 47.7 Å². The van der Waals surface area contributed by atoms with Crippen molar-refractivity contribution in [2.75, 3.05) is 13.2 Å². The maximum absolute atomic E-state index is 15.0. The fourth-order valence-electron chi connectivity index (χ4n) is 5.80. The number of nitrogens with zero attached hydrogens (tertiary/aromatic N) is 2. The molecule has 0 amide bonds. The molecule has 232 valence electrons. The number of imidazole rings is 1. The van der Waals surface area contributed by atoms with E-state index in [1.807, 2.05) is 12.1 Å². The molecule has 0 radical (unpaired) electrons. The highest BCUT2D eigenvalue weighted by atomic mass is 35.5. The summed E-state index contributed by atoms with van der Waals surface area (Å²) >= 11 is 6.08. The van der Waals surface area contributed by atoms with Gasteiger partial charge in [-0.1, -0.05) is 23.7 Å². The second-order valence-corrected chi connectivity index (χ2v) is 11.7. The zero-order chi connectivity index (χ0) is 31.5. The number of fused-ring (bicyclic) bond motifs is 1. The number of Topliss-reactive ketones (excluding diaryl/α,β-unsaturated/α-hetero) is 1. The number of halogens is 5. The van der Waals surface area contributed by atoms with Crippen molar-refractivity contribution in [2.24, 2.45) is 0 Å². The molecule has 3 aromatic carbocycles. The average molecular weight is 637 g/mol. The highest BCUT2D eigenvalue weighted by Gasteiger charge is 2.26. The van der Waals surface area contributed by atoms with E-state index in [4.69, 9.17) is 16.3 Å². The van der Waals surface area contributed by atoms with Gasteiger partial charge in [-0.3, -0.25) is 9.78 Å². The van der Waals surface area contributed by atoms with Gasteiger partial charge in [0.25, 0.3) is 0 Å². The third-order valence-corrected chi connectivity index (χ3v) is 8.31. The molecule has 3 atom stereocenters. The number of carbonyl (C=O) groups is 1. The van der Waals surface area contributed by atoms with E-state index in [0.717, 1.165) is 41.3 Å². The van der Waals surface area contributed by atoms with Gasteiger partial charge in [0.05, 0.1) is 36.0 Å². The van der Waals surface area contributed by atoms with Gasteiger partial charge in [-0.25, -0.2) is 22.5 Å². The predicted octanol–water partition coefficient (Wildman–Crippen LogP) is 7.16. The van der Waals surface area contributed by atoms with E-state index in [2.05, 4.69) is 20.3 Å². The van der Waals surface area contributed by atoms with E-state index >= 15 is 4.39 Å². The van der Waals surface area contributed by atoms with Crippen molar-refractivity contribution in [1.82, 2.24) is 20.3 Å². The highest BCUT2D eigenvalue weighted by molar-refractivity contribution is 6.31. The number of ether oxygens (including phenoxy) is 1. The van der Waals surface area contributed by atoms with Crippen LogP contribution in [-0.2, 0) is 22.4 Å². The fraction of sp³-hybridized carbons (Fsp3) is 0.265. The Bertz CT molecular complexity index is 1800. The topological polar surface area (TPSA) is 79.9 Å². The summed E-state index contributed by atoms with van der Waals surface area (Å²) in [4.78, 5) is 25.2. The molecule has 0 spiro atoms. The van der Waals surface area contributed by atoms with Gasteiger partial charge in [0.2, 0.25) is 0 Å². The Morgan fingerprint density at radius 2 is 1.73 bits per heavy atom. The lowest BCUT2D eigenvalue weighted by molar-refractivity contribution is -0.118. The van der Waals surface area contributed by atoms with Crippen LogP contribution in [0.15, 0.2) is 73.1 Å². The van der Waals surface area contributed by atoms with Gasteiger partial charge in [-0.2, -0.15) is 0 Å². The molecule has 1 saturated heterocycles. The summed E-state index contributed by atoms with van der Waals surface area (Å²) < 4.78 is 62.9. The minimum absolute atomic E-state index is 0.127. The molecule has 45 heavy (non-hydrogen) atoms. The molecule has 6 rings (SSSR count). The van der Waals surface area contributed by atoms with Crippen LogP contribution in [0.25, 0.3) is 11.0 Å². The fourth-order valence-corrected chi connectivity index (χ4v) is 5.97. The van der Waals surface area contributed by atoms with Gasteiger partial charge in [-0.15, -0.1) is 0 Å². The monoisotopic (exact) mass is 636 g/mol. The Balaban J connectivity index is 1.11. The number of pyridine rings is 1. The maximum atomic E-state index is 15.0. The second kappa shape index (κ2) is 13.5. The SMILES string of the molecule is O=C(Cc1cncc(F)c1CC[C@@H]1CN[C@H](c2nc3ccc(Cl)cc3[nH]2)CO1)C[C@@H](c1ccc(F)cc1)c1cc(F)cc(F)c1. The maximum Gasteiger partial charge on any atom is 0.144 e. The lowest BCUT2D eigenvalue weighted by atomic mass is 9.85. The van der Waals surface area contributed by atoms with Crippen molar-refractivity contribution in [3.05, 3.63) is 129 Å². The predicted molar refractivity (Wildman–Crippen MR) is 162 cm³/mol. The number of carbonyl (C=O) groups excluding carboxylic acids is 1. The Morgan fingerprint density at radius 1 is 0.956 bits per heavy atom.